The van der Waals surface area contributed by atoms with E-state index in [1.807, 2.05) is 30.3 Å². The molecule has 1 aromatic heterocycles. The van der Waals surface area contributed by atoms with E-state index in [0.717, 1.165) is 30.4 Å². The van der Waals surface area contributed by atoms with Crippen molar-refractivity contribution in [2.75, 3.05) is 19.5 Å². The predicted octanol–water partition coefficient (Wildman–Crippen LogP) is 4.24. The largest absolute Gasteiger partial charge is 0.496 e. The van der Waals surface area contributed by atoms with Crippen LogP contribution in [0.2, 0.25) is 0 Å². The third-order valence-corrected chi connectivity index (χ3v) is 6.70. The van der Waals surface area contributed by atoms with Gasteiger partial charge in [-0.1, -0.05) is 42.8 Å². The summed E-state index contributed by atoms with van der Waals surface area (Å²) in [4.78, 5) is 24.9. The zero-order valence-corrected chi connectivity index (χ0v) is 21.1. The number of hydrogen-bond donors (Lipinski definition) is 2. The van der Waals surface area contributed by atoms with Crippen LogP contribution in [0.5, 0.6) is 5.75 Å². The van der Waals surface area contributed by atoms with E-state index in [-0.39, 0.29) is 23.8 Å². The molecule has 0 saturated heterocycles. The van der Waals surface area contributed by atoms with E-state index < -0.39 is 0 Å². The van der Waals surface area contributed by atoms with Crippen LogP contribution < -0.4 is 15.8 Å². The first kappa shape index (κ1) is 25.8. The van der Waals surface area contributed by atoms with Gasteiger partial charge in [0.25, 0.3) is 5.91 Å². The van der Waals surface area contributed by atoms with Crippen molar-refractivity contribution < 1.29 is 19.1 Å². The summed E-state index contributed by atoms with van der Waals surface area (Å²) in [6.45, 7) is 2.48. The molecule has 4 rings (SSSR count). The van der Waals surface area contributed by atoms with Gasteiger partial charge in [0.05, 0.1) is 31.2 Å². The van der Waals surface area contributed by atoms with E-state index in [1.54, 1.807) is 29.8 Å². The number of amides is 1. The fraction of sp³-hybridized carbons (Fsp3) is 0.357. The number of esters is 1. The van der Waals surface area contributed by atoms with E-state index >= 15 is 0 Å². The van der Waals surface area contributed by atoms with Crippen LogP contribution in [-0.4, -0.2) is 35.4 Å². The lowest BCUT2D eigenvalue weighted by atomic mass is 9.86. The second-order valence-electron chi connectivity index (χ2n) is 9.01. The Morgan fingerprint density at radius 3 is 2.65 bits per heavy atom. The Hall–Kier alpha value is -4.32. The Bertz CT molecular complexity index is 1310. The average molecular weight is 502 g/mol. The highest BCUT2D eigenvalue weighted by molar-refractivity contribution is 5.96. The monoisotopic (exact) mass is 501 g/mol. The van der Waals surface area contributed by atoms with Crippen molar-refractivity contribution in [3.05, 3.63) is 65.2 Å². The fourth-order valence-corrected chi connectivity index (χ4v) is 4.79. The number of aromatic nitrogens is 2. The van der Waals surface area contributed by atoms with Crippen molar-refractivity contribution in [1.29, 1.82) is 5.26 Å². The molecule has 37 heavy (non-hydrogen) atoms. The number of nitrogens with one attached hydrogen (secondary N) is 1. The molecule has 3 N–H and O–H groups in total. The number of carbonyl (C=O) groups is 2. The second kappa shape index (κ2) is 11.6. The number of benzene rings is 2. The highest BCUT2D eigenvalue weighted by atomic mass is 16.5. The molecule has 1 amide bonds. The number of ether oxygens (including phenoxy) is 2. The molecular formula is C28H31N5O4. The number of rotatable bonds is 8. The van der Waals surface area contributed by atoms with Gasteiger partial charge in [0.1, 0.15) is 28.9 Å². The van der Waals surface area contributed by atoms with Gasteiger partial charge in [-0.25, -0.2) is 4.68 Å². The summed E-state index contributed by atoms with van der Waals surface area (Å²) in [6.07, 6.45) is 3.06. The van der Waals surface area contributed by atoms with Crippen molar-refractivity contribution in [3.8, 4) is 23.1 Å². The standard InChI is InChI=1S/C28H31N5O4/c1-3-37-28(35)20-7-6-8-21(15-20)33-26(30)23(16-29)25(32-33)19-13-11-18(12-14-19)17-31-27(34)22-9-4-5-10-24(22)36-2/h4-5,9-14,20-21H,3,6-8,15,17,30H2,1-2H3,(H,31,34). The number of carbonyl (C=O) groups excluding carboxylic acids is 2. The summed E-state index contributed by atoms with van der Waals surface area (Å²) in [5.74, 6) is 0.210. The third-order valence-electron chi connectivity index (χ3n) is 6.70. The molecule has 192 valence electrons. The Balaban J connectivity index is 1.49. The minimum absolute atomic E-state index is 0.0755. The van der Waals surface area contributed by atoms with Crippen LogP contribution in [0.1, 0.15) is 60.1 Å². The number of nitrogen functional groups attached to an aromatic ring is 1. The highest BCUT2D eigenvalue weighted by Crippen LogP contribution is 2.37. The van der Waals surface area contributed by atoms with Crippen LogP contribution in [-0.2, 0) is 16.1 Å². The minimum atomic E-state index is -0.228. The number of anilines is 1. The fourth-order valence-electron chi connectivity index (χ4n) is 4.79. The van der Waals surface area contributed by atoms with Crippen molar-refractivity contribution in [2.24, 2.45) is 5.92 Å². The SMILES string of the molecule is CCOC(=O)C1CCCC(n2nc(-c3ccc(CNC(=O)c4ccccc4OC)cc3)c(C#N)c2N)C1. The molecule has 1 fully saturated rings. The molecule has 2 aromatic carbocycles. The molecule has 3 aromatic rings. The molecule has 2 unspecified atom stereocenters. The van der Waals surface area contributed by atoms with E-state index in [1.165, 1.54) is 7.11 Å². The number of methoxy groups -OCH3 is 1. The van der Waals surface area contributed by atoms with Gasteiger partial charge >= 0.3 is 5.97 Å². The Morgan fingerprint density at radius 1 is 1.19 bits per heavy atom. The molecular weight excluding hydrogens is 470 g/mol. The molecule has 1 heterocycles. The summed E-state index contributed by atoms with van der Waals surface area (Å²) in [5, 5.41) is 17.4. The van der Waals surface area contributed by atoms with Crippen LogP contribution in [0, 0.1) is 17.2 Å². The van der Waals surface area contributed by atoms with Crippen LogP contribution in [0.3, 0.4) is 0 Å². The zero-order valence-electron chi connectivity index (χ0n) is 21.1. The molecule has 0 aliphatic heterocycles. The summed E-state index contributed by atoms with van der Waals surface area (Å²) in [7, 11) is 1.53. The number of para-hydroxylation sites is 1. The van der Waals surface area contributed by atoms with Gasteiger partial charge in [-0.3, -0.25) is 9.59 Å². The van der Waals surface area contributed by atoms with Crippen molar-refractivity contribution in [2.45, 2.75) is 45.2 Å². The summed E-state index contributed by atoms with van der Waals surface area (Å²) >= 11 is 0. The average Bonchev–Trinajstić information content (AvgIpc) is 3.28. The third kappa shape index (κ3) is 5.59. The van der Waals surface area contributed by atoms with Gasteiger partial charge in [-0.2, -0.15) is 10.4 Å². The Kier molecular flexibility index (Phi) is 8.08. The maximum absolute atomic E-state index is 12.6. The molecule has 9 heteroatoms. The van der Waals surface area contributed by atoms with Crippen molar-refractivity contribution in [3.63, 3.8) is 0 Å². The van der Waals surface area contributed by atoms with Gasteiger partial charge < -0.3 is 20.5 Å². The topological polar surface area (TPSA) is 132 Å². The first-order chi connectivity index (χ1) is 18.0. The van der Waals surface area contributed by atoms with Crippen molar-refractivity contribution >= 4 is 17.7 Å². The van der Waals surface area contributed by atoms with E-state index in [0.29, 0.717) is 48.0 Å². The molecule has 0 bridgehead atoms. The summed E-state index contributed by atoms with van der Waals surface area (Å²) in [6, 6.07) is 16.6. The Morgan fingerprint density at radius 2 is 1.95 bits per heavy atom. The van der Waals surface area contributed by atoms with Gasteiger partial charge in [-0.05, 0) is 43.9 Å². The maximum atomic E-state index is 12.6. The molecule has 9 nitrogen and oxygen atoms in total. The van der Waals surface area contributed by atoms with Gasteiger partial charge in [-0.15, -0.1) is 0 Å². The molecule has 1 saturated carbocycles. The van der Waals surface area contributed by atoms with Gasteiger partial charge in [0.15, 0.2) is 0 Å². The second-order valence-corrected chi connectivity index (χ2v) is 9.01. The lowest BCUT2D eigenvalue weighted by Gasteiger charge is -2.28. The van der Waals surface area contributed by atoms with E-state index in [2.05, 4.69) is 11.4 Å². The highest BCUT2D eigenvalue weighted by Gasteiger charge is 2.32. The predicted molar refractivity (Wildman–Crippen MR) is 139 cm³/mol. The number of nitriles is 1. The molecule has 0 spiro atoms. The molecule has 1 aliphatic rings. The Labute approximate surface area is 216 Å². The van der Waals surface area contributed by atoms with Crippen LogP contribution in [0.25, 0.3) is 11.3 Å². The van der Waals surface area contributed by atoms with Crippen LogP contribution >= 0.6 is 0 Å². The van der Waals surface area contributed by atoms with Crippen molar-refractivity contribution in [1.82, 2.24) is 15.1 Å². The van der Waals surface area contributed by atoms with Crippen LogP contribution in [0.4, 0.5) is 5.82 Å². The molecule has 1 aliphatic carbocycles. The smallest absolute Gasteiger partial charge is 0.308 e. The number of hydrogen-bond acceptors (Lipinski definition) is 7. The zero-order chi connectivity index (χ0) is 26.4. The first-order valence-corrected chi connectivity index (χ1v) is 12.4. The lowest BCUT2D eigenvalue weighted by Crippen LogP contribution is -2.27. The maximum Gasteiger partial charge on any atom is 0.308 e. The van der Waals surface area contributed by atoms with Gasteiger partial charge in [0, 0.05) is 12.1 Å². The minimum Gasteiger partial charge on any atom is -0.496 e. The summed E-state index contributed by atoms with van der Waals surface area (Å²) < 4.78 is 12.2. The quantitative estimate of drug-likeness (QED) is 0.441. The van der Waals surface area contributed by atoms with E-state index in [9.17, 15) is 14.9 Å². The molecule has 0 radical (unpaired) electrons. The van der Waals surface area contributed by atoms with Crippen LogP contribution in [0.15, 0.2) is 48.5 Å². The molecule has 2 atom stereocenters. The van der Waals surface area contributed by atoms with E-state index in [4.69, 9.17) is 20.3 Å². The van der Waals surface area contributed by atoms with Gasteiger partial charge in [0.2, 0.25) is 0 Å². The normalized spacial score (nSPS) is 17.0. The summed E-state index contributed by atoms with van der Waals surface area (Å²) in [5.41, 5.74) is 9.28. The first-order valence-electron chi connectivity index (χ1n) is 12.4. The lowest BCUT2D eigenvalue weighted by molar-refractivity contribution is -0.149. The number of nitrogens with zero attached hydrogens (tertiary/aromatic N) is 3. The number of nitrogens with two attached hydrogens (primary N) is 1.